The predicted octanol–water partition coefficient (Wildman–Crippen LogP) is 4.78. The number of fused-ring (bicyclic) bond motifs is 1. The van der Waals surface area contributed by atoms with Gasteiger partial charge in [-0.2, -0.15) is 0 Å². The number of nitrogens with zero attached hydrogens (tertiary/aromatic N) is 2. The third-order valence-corrected chi connectivity index (χ3v) is 7.18. The summed E-state index contributed by atoms with van der Waals surface area (Å²) in [4.78, 5) is 9.69. The molecule has 4 aromatic rings. The molecule has 29 heavy (non-hydrogen) atoms. The Balaban J connectivity index is 1.43. The second kappa shape index (κ2) is 8.71. The molecule has 0 aliphatic carbocycles. The first-order valence-electron chi connectivity index (χ1n) is 9.38. The van der Waals surface area contributed by atoms with Crippen LogP contribution in [0.4, 0.5) is 5.82 Å². The van der Waals surface area contributed by atoms with Gasteiger partial charge in [-0.25, -0.2) is 18.4 Å². The average molecular weight is 424 g/mol. The van der Waals surface area contributed by atoms with E-state index in [0.29, 0.717) is 13.0 Å². The van der Waals surface area contributed by atoms with E-state index in [-0.39, 0.29) is 11.5 Å². The van der Waals surface area contributed by atoms with E-state index in [0.717, 1.165) is 32.7 Å². The molecule has 4 rings (SSSR count). The van der Waals surface area contributed by atoms with Crippen molar-refractivity contribution in [3.05, 3.63) is 77.9 Å². The molecule has 0 atom stereocenters. The predicted molar refractivity (Wildman–Crippen MR) is 120 cm³/mol. The number of aromatic nitrogens is 2. The van der Waals surface area contributed by atoms with Crippen LogP contribution in [0.2, 0.25) is 0 Å². The summed E-state index contributed by atoms with van der Waals surface area (Å²) in [6, 6.07) is 19.4. The fourth-order valence-electron chi connectivity index (χ4n) is 3.24. The van der Waals surface area contributed by atoms with Gasteiger partial charge < -0.3 is 5.32 Å². The van der Waals surface area contributed by atoms with Crippen molar-refractivity contribution < 1.29 is 8.42 Å². The average Bonchev–Trinajstić information content (AvgIpc) is 3.17. The lowest BCUT2D eigenvalue weighted by Gasteiger charge is -2.09. The summed E-state index contributed by atoms with van der Waals surface area (Å²) in [5.74, 6) is 0.961. The Hall–Kier alpha value is -2.77. The third-order valence-electron chi connectivity index (χ3n) is 4.61. The quantitative estimate of drug-likeness (QED) is 0.413. The molecule has 0 spiro atoms. The van der Waals surface area contributed by atoms with E-state index in [4.69, 9.17) is 0 Å². The van der Waals surface area contributed by atoms with Gasteiger partial charge in [-0.1, -0.05) is 60.7 Å². The molecule has 0 amide bonds. The van der Waals surface area contributed by atoms with Crippen LogP contribution in [0, 0.1) is 0 Å². The van der Waals surface area contributed by atoms with Crippen LogP contribution in [-0.4, -0.2) is 30.7 Å². The zero-order chi connectivity index (χ0) is 20.1. The SMILES string of the molecule is O=S(=O)(CCCNc1ncnc2scc(-c3ccccc3)c12)Cc1ccccc1. The molecular weight excluding hydrogens is 402 g/mol. The molecule has 0 unspecified atom stereocenters. The van der Waals surface area contributed by atoms with E-state index in [1.807, 2.05) is 48.5 Å². The highest BCUT2D eigenvalue weighted by atomic mass is 32.2. The van der Waals surface area contributed by atoms with Crippen LogP contribution in [0.1, 0.15) is 12.0 Å². The normalized spacial score (nSPS) is 11.6. The fourth-order valence-corrected chi connectivity index (χ4v) is 5.58. The molecule has 1 N–H and O–H groups in total. The van der Waals surface area contributed by atoms with Gasteiger partial charge in [0.15, 0.2) is 9.84 Å². The van der Waals surface area contributed by atoms with Gasteiger partial charge in [0.2, 0.25) is 0 Å². The van der Waals surface area contributed by atoms with E-state index >= 15 is 0 Å². The Morgan fingerprint density at radius 3 is 2.41 bits per heavy atom. The Kier molecular flexibility index (Phi) is 5.87. The van der Waals surface area contributed by atoms with Crippen molar-refractivity contribution in [1.29, 1.82) is 0 Å². The molecule has 7 heteroatoms. The highest BCUT2D eigenvalue weighted by Crippen LogP contribution is 2.36. The first kappa shape index (κ1) is 19.5. The zero-order valence-electron chi connectivity index (χ0n) is 15.8. The maximum absolute atomic E-state index is 12.4. The van der Waals surface area contributed by atoms with Crippen molar-refractivity contribution >= 4 is 37.2 Å². The molecule has 148 valence electrons. The van der Waals surface area contributed by atoms with E-state index in [1.165, 1.54) is 0 Å². The summed E-state index contributed by atoms with van der Waals surface area (Å²) in [5, 5.41) is 6.38. The number of rotatable bonds is 8. The molecule has 2 aromatic heterocycles. The molecule has 0 saturated carbocycles. The minimum atomic E-state index is -3.14. The number of hydrogen-bond donors (Lipinski definition) is 1. The first-order valence-corrected chi connectivity index (χ1v) is 12.1. The van der Waals surface area contributed by atoms with Crippen LogP contribution < -0.4 is 5.32 Å². The minimum absolute atomic E-state index is 0.0777. The van der Waals surface area contributed by atoms with Crippen LogP contribution >= 0.6 is 11.3 Å². The van der Waals surface area contributed by atoms with Crippen LogP contribution in [-0.2, 0) is 15.6 Å². The van der Waals surface area contributed by atoms with Gasteiger partial charge in [0, 0.05) is 17.5 Å². The van der Waals surface area contributed by atoms with Crippen LogP contribution in [0.15, 0.2) is 72.4 Å². The maximum Gasteiger partial charge on any atom is 0.154 e. The Labute approximate surface area is 174 Å². The number of anilines is 1. The third kappa shape index (κ3) is 4.81. The van der Waals surface area contributed by atoms with Gasteiger partial charge >= 0.3 is 0 Å². The molecule has 0 fully saturated rings. The van der Waals surface area contributed by atoms with Gasteiger partial charge in [-0.15, -0.1) is 11.3 Å². The fraction of sp³-hybridized carbons (Fsp3) is 0.182. The lowest BCUT2D eigenvalue weighted by Crippen LogP contribution is -2.14. The maximum atomic E-state index is 12.4. The molecule has 0 saturated heterocycles. The van der Waals surface area contributed by atoms with Crippen molar-refractivity contribution in [1.82, 2.24) is 9.97 Å². The van der Waals surface area contributed by atoms with Gasteiger partial charge in [-0.3, -0.25) is 0 Å². The number of nitrogens with one attached hydrogen (secondary N) is 1. The van der Waals surface area contributed by atoms with Gasteiger partial charge in [0.25, 0.3) is 0 Å². The van der Waals surface area contributed by atoms with Crippen LogP contribution in [0.5, 0.6) is 0 Å². The summed E-state index contributed by atoms with van der Waals surface area (Å²) in [7, 11) is -3.14. The second-order valence-electron chi connectivity index (χ2n) is 6.78. The summed E-state index contributed by atoms with van der Waals surface area (Å²) in [5.41, 5.74) is 3.02. The summed E-state index contributed by atoms with van der Waals surface area (Å²) >= 11 is 1.58. The van der Waals surface area contributed by atoms with E-state index in [9.17, 15) is 8.42 Å². The molecule has 0 aliphatic heterocycles. The summed E-state index contributed by atoms with van der Waals surface area (Å²) in [6.07, 6.45) is 2.06. The highest BCUT2D eigenvalue weighted by molar-refractivity contribution is 7.90. The van der Waals surface area contributed by atoms with Gasteiger partial charge in [0.1, 0.15) is 17.0 Å². The largest absolute Gasteiger partial charge is 0.369 e. The molecule has 0 radical (unpaired) electrons. The number of sulfone groups is 1. The molecule has 0 aliphatic rings. The van der Waals surface area contributed by atoms with Crippen LogP contribution in [0.25, 0.3) is 21.3 Å². The van der Waals surface area contributed by atoms with Crippen molar-refractivity contribution in [2.45, 2.75) is 12.2 Å². The molecule has 2 heterocycles. The van der Waals surface area contributed by atoms with E-state index in [2.05, 4.69) is 32.8 Å². The smallest absolute Gasteiger partial charge is 0.154 e. The second-order valence-corrected chi connectivity index (χ2v) is 9.82. The number of thiophene rings is 1. The lowest BCUT2D eigenvalue weighted by molar-refractivity contribution is 0.593. The zero-order valence-corrected chi connectivity index (χ0v) is 17.4. The van der Waals surface area contributed by atoms with Crippen molar-refractivity contribution in [3.63, 3.8) is 0 Å². The minimum Gasteiger partial charge on any atom is -0.369 e. The Bertz CT molecular complexity index is 1190. The number of benzene rings is 2. The molecule has 0 bridgehead atoms. The van der Waals surface area contributed by atoms with Crippen molar-refractivity contribution in [3.8, 4) is 11.1 Å². The van der Waals surface area contributed by atoms with Crippen molar-refractivity contribution in [2.75, 3.05) is 17.6 Å². The summed E-state index contributed by atoms with van der Waals surface area (Å²) in [6.45, 7) is 0.532. The topological polar surface area (TPSA) is 72.0 Å². The first-order chi connectivity index (χ1) is 14.1. The molecular formula is C22H21N3O2S2. The molecule has 2 aromatic carbocycles. The van der Waals surface area contributed by atoms with Crippen LogP contribution in [0.3, 0.4) is 0 Å². The Morgan fingerprint density at radius 2 is 1.66 bits per heavy atom. The van der Waals surface area contributed by atoms with Gasteiger partial charge in [-0.05, 0) is 17.5 Å². The standard InChI is InChI=1S/C22H21N3O2S2/c26-29(27,15-17-8-3-1-4-9-17)13-7-12-23-21-20-19(18-10-5-2-6-11-18)14-28-22(20)25-16-24-21/h1-6,8-11,14,16H,7,12-13,15H2,(H,23,24,25). The monoisotopic (exact) mass is 423 g/mol. The van der Waals surface area contributed by atoms with Gasteiger partial charge in [0.05, 0.1) is 16.9 Å². The van der Waals surface area contributed by atoms with Crippen molar-refractivity contribution in [2.24, 2.45) is 0 Å². The summed E-state index contributed by atoms with van der Waals surface area (Å²) < 4.78 is 24.7. The van der Waals surface area contributed by atoms with E-state index in [1.54, 1.807) is 17.7 Å². The van der Waals surface area contributed by atoms with E-state index < -0.39 is 9.84 Å². The Morgan fingerprint density at radius 1 is 0.931 bits per heavy atom. The number of hydrogen-bond acceptors (Lipinski definition) is 6. The highest BCUT2D eigenvalue weighted by Gasteiger charge is 2.14. The molecule has 5 nitrogen and oxygen atoms in total. The lowest BCUT2D eigenvalue weighted by atomic mass is 10.1.